The number of carboxylic acids is 1. The lowest BCUT2D eigenvalue weighted by atomic mass is 9.74. The molecule has 0 radical (unpaired) electrons. The smallest absolute Gasteiger partial charge is 0.422 e. The Balaban J connectivity index is 2.15. The minimum Gasteiger partial charge on any atom is -0.484 e. The lowest BCUT2D eigenvalue weighted by Crippen LogP contribution is -2.41. The van der Waals surface area contributed by atoms with Gasteiger partial charge in [0.15, 0.2) is 6.61 Å². The molecule has 1 aliphatic heterocycles. The van der Waals surface area contributed by atoms with Crippen molar-refractivity contribution in [1.82, 2.24) is 0 Å². The average Bonchev–Trinajstić information content (AvgIpc) is 2.45. The third-order valence-corrected chi connectivity index (χ3v) is 3.57. The molecular formula is C14H15F3O4. The van der Waals surface area contributed by atoms with Gasteiger partial charge in [0.05, 0.1) is 5.41 Å². The first kappa shape index (κ1) is 15.6. The second kappa shape index (κ2) is 5.93. The van der Waals surface area contributed by atoms with Gasteiger partial charge in [0, 0.05) is 13.2 Å². The van der Waals surface area contributed by atoms with E-state index in [0.717, 1.165) is 0 Å². The first-order valence-corrected chi connectivity index (χ1v) is 6.45. The van der Waals surface area contributed by atoms with Gasteiger partial charge in [-0.2, -0.15) is 13.2 Å². The van der Waals surface area contributed by atoms with Crippen LogP contribution in [0.25, 0.3) is 0 Å². The Labute approximate surface area is 119 Å². The molecule has 1 N–H and O–H groups in total. The number of benzene rings is 1. The maximum Gasteiger partial charge on any atom is 0.422 e. The van der Waals surface area contributed by atoms with Crippen molar-refractivity contribution in [2.75, 3.05) is 19.8 Å². The summed E-state index contributed by atoms with van der Waals surface area (Å²) in [6.07, 6.45) is -3.72. The molecule has 0 spiro atoms. The number of halogens is 3. The number of carbonyl (C=O) groups is 1. The number of hydrogen-bond acceptors (Lipinski definition) is 3. The molecule has 4 nitrogen and oxygen atoms in total. The Morgan fingerprint density at radius 3 is 2.29 bits per heavy atom. The van der Waals surface area contributed by atoms with Gasteiger partial charge in [0.1, 0.15) is 5.75 Å². The molecule has 7 heteroatoms. The monoisotopic (exact) mass is 304 g/mol. The molecule has 21 heavy (non-hydrogen) atoms. The molecule has 0 saturated carbocycles. The average molecular weight is 304 g/mol. The summed E-state index contributed by atoms with van der Waals surface area (Å²) in [4.78, 5) is 11.6. The molecule has 1 saturated heterocycles. The van der Waals surface area contributed by atoms with Crippen LogP contribution in [0.2, 0.25) is 0 Å². The zero-order chi connectivity index (χ0) is 15.5. The lowest BCUT2D eigenvalue weighted by Gasteiger charge is -2.33. The van der Waals surface area contributed by atoms with Gasteiger partial charge in [0.25, 0.3) is 0 Å². The van der Waals surface area contributed by atoms with Gasteiger partial charge in [-0.05, 0) is 30.5 Å². The Hall–Kier alpha value is -1.76. The third kappa shape index (κ3) is 3.66. The fraction of sp³-hybridized carbons (Fsp3) is 0.500. The second-order valence-corrected chi connectivity index (χ2v) is 4.93. The summed E-state index contributed by atoms with van der Waals surface area (Å²) >= 11 is 0. The molecule has 1 aliphatic rings. The number of hydrogen-bond donors (Lipinski definition) is 1. The van der Waals surface area contributed by atoms with Crippen LogP contribution in [0, 0.1) is 0 Å². The second-order valence-electron chi connectivity index (χ2n) is 4.93. The maximum absolute atomic E-state index is 12.1. The van der Waals surface area contributed by atoms with Crippen LogP contribution in [-0.2, 0) is 14.9 Å². The van der Waals surface area contributed by atoms with Crippen molar-refractivity contribution in [1.29, 1.82) is 0 Å². The van der Waals surface area contributed by atoms with Crippen LogP contribution in [-0.4, -0.2) is 37.1 Å². The molecule has 2 rings (SSSR count). The summed E-state index contributed by atoms with van der Waals surface area (Å²) < 4.78 is 46.0. The van der Waals surface area contributed by atoms with Gasteiger partial charge < -0.3 is 14.6 Å². The Morgan fingerprint density at radius 1 is 1.24 bits per heavy atom. The Morgan fingerprint density at radius 2 is 1.81 bits per heavy atom. The third-order valence-electron chi connectivity index (χ3n) is 3.57. The minimum absolute atomic E-state index is 0.0590. The normalized spacial score (nSPS) is 18.2. The topological polar surface area (TPSA) is 55.8 Å². The van der Waals surface area contributed by atoms with Gasteiger partial charge in [-0.15, -0.1) is 0 Å². The fourth-order valence-corrected chi connectivity index (χ4v) is 2.38. The lowest BCUT2D eigenvalue weighted by molar-refractivity contribution is -0.153. The predicted molar refractivity (Wildman–Crippen MR) is 67.4 cm³/mol. The molecule has 0 atom stereocenters. The van der Waals surface area contributed by atoms with Gasteiger partial charge in [-0.25, -0.2) is 0 Å². The van der Waals surface area contributed by atoms with Crippen molar-refractivity contribution in [2.24, 2.45) is 0 Å². The summed E-state index contributed by atoms with van der Waals surface area (Å²) in [6, 6.07) is 5.73. The summed E-state index contributed by atoms with van der Waals surface area (Å²) in [6.45, 7) is -0.679. The standard InChI is InChI=1S/C14H15F3O4/c15-14(16,17)9-21-11-3-1-10(2-4-11)13(12(18)19)5-7-20-8-6-13/h1-4H,5-9H2,(H,18,19). The molecular weight excluding hydrogens is 289 g/mol. The van der Waals surface area contributed by atoms with Crippen molar-refractivity contribution in [3.8, 4) is 5.75 Å². The highest BCUT2D eigenvalue weighted by atomic mass is 19.4. The van der Waals surface area contributed by atoms with E-state index in [4.69, 9.17) is 4.74 Å². The van der Waals surface area contributed by atoms with E-state index < -0.39 is 24.2 Å². The summed E-state index contributed by atoms with van der Waals surface area (Å²) in [5.41, 5.74) is -0.487. The van der Waals surface area contributed by atoms with Crippen LogP contribution in [0.5, 0.6) is 5.75 Å². The van der Waals surface area contributed by atoms with Crippen LogP contribution in [0.3, 0.4) is 0 Å². The summed E-state index contributed by atoms with van der Waals surface area (Å²) in [5, 5.41) is 9.49. The molecule has 1 heterocycles. The number of carboxylic acid groups (broad SMARTS) is 1. The van der Waals surface area contributed by atoms with Crippen LogP contribution in [0.4, 0.5) is 13.2 Å². The number of ether oxygens (including phenoxy) is 2. The predicted octanol–water partition coefficient (Wildman–Crippen LogP) is 2.76. The highest BCUT2D eigenvalue weighted by Crippen LogP contribution is 2.36. The van der Waals surface area contributed by atoms with Crippen LogP contribution >= 0.6 is 0 Å². The Bertz CT molecular complexity index is 490. The maximum atomic E-state index is 12.1. The molecule has 116 valence electrons. The molecule has 0 aromatic heterocycles. The fourth-order valence-electron chi connectivity index (χ4n) is 2.38. The van der Waals surface area contributed by atoms with E-state index in [1.807, 2.05) is 0 Å². The largest absolute Gasteiger partial charge is 0.484 e. The SMILES string of the molecule is O=C(O)C1(c2ccc(OCC(F)(F)F)cc2)CCOCC1. The van der Waals surface area contributed by atoms with E-state index in [9.17, 15) is 23.1 Å². The van der Waals surface area contributed by atoms with Gasteiger partial charge >= 0.3 is 12.1 Å². The molecule has 0 aliphatic carbocycles. The van der Waals surface area contributed by atoms with E-state index in [1.54, 1.807) is 0 Å². The van der Waals surface area contributed by atoms with Gasteiger partial charge in [-0.1, -0.05) is 12.1 Å². The molecule has 0 amide bonds. The van der Waals surface area contributed by atoms with Gasteiger partial charge in [-0.3, -0.25) is 4.79 Å². The van der Waals surface area contributed by atoms with E-state index in [2.05, 4.69) is 4.74 Å². The van der Waals surface area contributed by atoms with Crippen LogP contribution in [0.1, 0.15) is 18.4 Å². The zero-order valence-corrected chi connectivity index (χ0v) is 11.2. The summed E-state index contributed by atoms with van der Waals surface area (Å²) in [5.74, 6) is -0.890. The van der Waals surface area contributed by atoms with Crippen molar-refractivity contribution in [3.05, 3.63) is 29.8 Å². The van der Waals surface area contributed by atoms with E-state index in [1.165, 1.54) is 24.3 Å². The van der Waals surface area contributed by atoms with E-state index in [-0.39, 0.29) is 5.75 Å². The molecule has 0 unspecified atom stereocenters. The number of aliphatic carboxylic acids is 1. The van der Waals surface area contributed by atoms with Crippen LogP contribution < -0.4 is 4.74 Å². The quantitative estimate of drug-likeness (QED) is 0.929. The highest BCUT2D eigenvalue weighted by Gasteiger charge is 2.41. The van der Waals surface area contributed by atoms with Crippen molar-refractivity contribution < 1.29 is 32.5 Å². The van der Waals surface area contributed by atoms with Crippen molar-refractivity contribution >= 4 is 5.97 Å². The molecule has 1 aromatic rings. The molecule has 0 bridgehead atoms. The molecule has 1 fully saturated rings. The van der Waals surface area contributed by atoms with Crippen molar-refractivity contribution in [2.45, 2.75) is 24.4 Å². The van der Waals surface area contributed by atoms with Gasteiger partial charge in [0.2, 0.25) is 0 Å². The van der Waals surface area contributed by atoms with Crippen molar-refractivity contribution in [3.63, 3.8) is 0 Å². The van der Waals surface area contributed by atoms with E-state index >= 15 is 0 Å². The molecule has 1 aromatic carbocycles. The zero-order valence-electron chi connectivity index (χ0n) is 11.2. The highest BCUT2D eigenvalue weighted by molar-refractivity contribution is 5.81. The Kier molecular flexibility index (Phi) is 4.41. The van der Waals surface area contributed by atoms with E-state index in [0.29, 0.717) is 31.6 Å². The summed E-state index contributed by atoms with van der Waals surface area (Å²) in [7, 11) is 0. The first-order valence-electron chi connectivity index (χ1n) is 6.45. The first-order chi connectivity index (χ1) is 9.83. The van der Waals surface area contributed by atoms with Crippen LogP contribution in [0.15, 0.2) is 24.3 Å². The minimum atomic E-state index is -4.40. The number of rotatable bonds is 4. The number of alkyl halides is 3.